The van der Waals surface area contributed by atoms with E-state index in [2.05, 4.69) is 53.2 Å². The van der Waals surface area contributed by atoms with Gasteiger partial charge in [0.25, 0.3) is 0 Å². The van der Waals surface area contributed by atoms with Crippen molar-refractivity contribution in [1.29, 1.82) is 0 Å². The number of halogens is 1. The van der Waals surface area contributed by atoms with Crippen molar-refractivity contribution in [2.24, 2.45) is 10.9 Å². The van der Waals surface area contributed by atoms with E-state index in [9.17, 15) is 0 Å². The molecule has 1 fully saturated rings. The van der Waals surface area contributed by atoms with E-state index in [0.29, 0.717) is 18.4 Å². The van der Waals surface area contributed by atoms with Crippen molar-refractivity contribution in [3.8, 4) is 0 Å². The fourth-order valence-corrected chi connectivity index (χ4v) is 3.09. The van der Waals surface area contributed by atoms with E-state index < -0.39 is 0 Å². The van der Waals surface area contributed by atoms with Gasteiger partial charge in [-0.05, 0) is 38.8 Å². The number of rotatable bonds is 8. The predicted molar refractivity (Wildman–Crippen MR) is 124 cm³/mol. The third kappa shape index (κ3) is 8.65. The van der Waals surface area contributed by atoms with Gasteiger partial charge in [0.15, 0.2) is 5.96 Å². The maximum absolute atomic E-state index is 5.83. The molecule has 1 saturated heterocycles. The van der Waals surface area contributed by atoms with Gasteiger partial charge in [-0.25, -0.2) is 9.98 Å². The quantitative estimate of drug-likeness (QED) is 0.320. The Morgan fingerprint density at radius 3 is 2.61 bits per heavy atom. The van der Waals surface area contributed by atoms with Crippen molar-refractivity contribution in [3.05, 3.63) is 17.8 Å². The van der Waals surface area contributed by atoms with Gasteiger partial charge in [0.1, 0.15) is 12.3 Å². The van der Waals surface area contributed by atoms with Gasteiger partial charge in [-0.2, -0.15) is 0 Å². The van der Waals surface area contributed by atoms with E-state index in [1.165, 1.54) is 12.8 Å². The number of hydrogen-bond donors (Lipinski definition) is 2. The molecule has 8 heteroatoms. The summed E-state index contributed by atoms with van der Waals surface area (Å²) in [5.41, 5.74) is -0.0319. The third-order valence-corrected chi connectivity index (χ3v) is 4.89. The lowest BCUT2D eigenvalue weighted by Gasteiger charge is -2.32. The van der Waals surface area contributed by atoms with Crippen LogP contribution in [0.25, 0.3) is 0 Å². The van der Waals surface area contributed by atoms with Crippen LogP contribution in [0.2, 0.25) is 0 Å². The van der Waals surface area contributed by atoms with Crippen LogP contribution in [0.5, 0.6) is 0 Å². The summed E-state index contributed by atoms with van der Waals surface area (Å²) in [6.07, 6.45) is 4.23. The van der Waals surface area contributed by atoms with E-state index in [1.807, 2.05) is 6.20 Å². The Kier molecular flexibility index (Phi) is 11.4. The van der Waals surface area contributed by atoms with Gasteiger partial charge in [0.05, 0.1) is 12.8 Å². The summed E-state index contributed by atoms with van der Waals surface area (Å²) in [7, 11) is 1.76. The van der Waals surface area contributed by atoms with Crippen LogP contribution in [0.3, 0.4) is 0 Å². The van der Waals surface area contributed by atoms with E-state index in [4.69, 9.17) is 9.15 Å². The zero-order valence-electron chi connectivity index (χ0n) is 18.1. The molecule has 162 valence electrons. The summed E-state index contributed by atoms with van der Waals surface area (Å²) in [6.45, 7) is 14.8. The van der Waals surface area contributed by atoms with Gasteiger partial charge in [0.2, 0.25) is 5.89 Å². The summed E-state index contributed by atoms with van der Waals surface area (Å²) in [5, 5.41) is 6.79. The number of oxazole rings is 1. The maximum atomic E-state index is 5.83. The molecule has 28 heavy (non-hydrogen) atoms. The Morgan fingerprint density at radius 2 is 2.04 bits per heavy atom. The van der Waals surface area contributed by atoms with Crippen LogP contribution in [0.15, 0.2) is 15.6 Å². The van der Waals surface area contributed by atoms with Crippen LogP contribution in [0, 0.1) is 5.92 Å². The average molecular weight is 507 g/mol. The Morgan fingerprint density at radius 1 is 1.32 bits per heavy atom. The molecule has 0 saturated carbocycles. The van der Waals surface area contributed by atoms with Gasteiger partial charge in [0, 0.05) is 32.2 Å². The lowest BCUT2D eigenvalue weighted by molar-refractivity contribution is 0.121. The Bertz CT molecular complexity index is 577. The summed E-state index contributed by atoms with van der Waals surface area (Å²) in [6, 6.07) is 0. The largest absolute Gasteiger partial charge is 0.443 e. The molecule has 2 N–H and O–H groups in total. The minimum atomic E-state index is -0.0319. The highest BCUT2D eigenvalue weighted by molar-refractivity contribution is 14.0. The second-order valence-corrected chi connectivity index (χ2v) is 8.22. The number of likely N-dealkylation sites (tertiary alicyclic amines) is 1. The number of nitrogens with one attached hydrogen (secondary N) is 2. The molecule has 2 rings (SSSR count). The average Bonchev–Trinajstić information content (AvgIpc) is 3.12. The molecular formula is C20H38IN5O2. The molecule has 0 amide bonds. The van der Waals surface area contributed by atoms with Crippen LogP contribution < -0.4 is 10.6 Å². The van der Waals surface area contributed by atoms with Crippen LogP contribution >= 0.6 is 24.0 Å². The zero-order valence-corrected chi connectivity index (χ0v) is 20.4. The lowest BCUT2D eigenvalue weighted by Crippen LogP contribution is -2.43. The first-order valence-electron chi connectivity index (χ1n) is 10.1. The number of methoxy groups -OCH3 is 1. The first-order valence-corrected chi connectivity index (χ1v) is 10.1. The fraction of sp³-hybridized carbons (Fsp3) is 0.800. The highest BCUT2D eigenvalue weighted by Gasteiger charge is 2.20. The number of ether oxygens (including phenoxy) is 1. The second kappa shape index (κ2) is 12.6. The molecule has 1 aliphatic heterocycles. The smallest absolute Gasteiger partial charge is 0.216 e. The van der Waals surface area contributed by atoms with Gasteiger partial charge in [-0.3, -0.25) is 0 Å². The molecule has 0 spiro atoms. The van der Waals surface area contributed by atoms with Crippen molar-refractivity contribution in [3.63, 3.8) is 0 Å². The molecule has 1 aromatic heterocycles. The van der Waals surface area contributed by atoms with Gasteiger partial charge < -0.3 is 24.7 Å². The first kappa shape index (κ1) is 25.2. The predicted octanol–water partition coefficient (Wildman–Crippen LogP) is 3.00. The van der Waals surface area contributed by atoms with Crippen LogP contribution in [-0.2, 0) is 16.7 Å². The van der Waals surface area contributed by atoms with Gasteiger partial charge in [-0.1, -0.05) is 20.8 Å². The molecule has 0 radical (unpaired) electrons. The molecule has 0 unspecified atom stereocenters. The highest BCUT2D eigenvalue weighted by atomic mass is 127. The van der Waals surface area contributed by atoms with Crippen LogP contribution in [-0.4, -0.2) is 62.3 Å². The first-order chi connectivity index (χ1) is 12.9. The molecule has 0 aliphatic carbocycles. The monoisotopic (exact) mass is 507 g/mol. The molecule has 0 bridgehead atoms. The second-order valence-electron chi connectivity index (χ2n) is 8.22. The van der Waals surface area contributed by atoms with Crippen molar-refractivity contribution in [1.82, 2.24) is 20.5 Å². The molecule has 1 aromatic rings. The van der Waals surface area contributed by atoms with E-state index in [-0.39, 0.29) is 29.4 Å². The summed E-state index contributed by atoms with van der Waals surface area (Å²) in [5.74, 6) is 3.06. The molecular weight excluding hydrogens is 469 g/mol. The number of aliphatic imine (C=N–C) groups is 1. The SMILES string of the molecule is CCNC(=NCc1ncc(C(C)(C)C)o1)NCC1CCN(CCOC)CC1.I. The highest BCUT2D eigenvalue weighted by Crippen LogP contribution is 2.22. The number of guanidine groups is 1. The third-order valence-electron chi connectivity index (χ3n) is 4.89. The van der Waals surface area contributed by atoms with Gasteiger partial charge >= 0.3 is 0 Å². The molecule has 7 nitrogen and oxygen atoms in total. The molecule has 1 aliphatic rings. The van der Waals surface area contributed by atoms with Crippen molar-refractivity contribution >= 4 is 29.9 Å². The van der Waals surface area contributed by atoms with Crippen molar-refractivity contribution in [2.45, 2.75) is 52.5 Å². The van der Waals surface area contributed by atoms with Gasteiger partial charge in [-0.15, -0.1) is 24.0 Å². The Balaban J connectivity index is 0.00000392. The number of nitrogens with zero attached hydrogens (tertiary/aromatic N) is 3. The topological polar surface area (TPSA) is 74.9 Å². The maximum Gasteiger partial charge on any atom is 0.216 e. The van der Waals surface area contributed by atoms with Crippen LogP contribution in [0.4, 0.5) is 0 Å². The zero-order chi connectivity index (χ0) is 19.7. The Hall–Kier alpha value is -0.870. The van der Waals surface area contributed by atoms with E-state index in [1.54, 1.807) is 7.11 Å². The molecule has 2 heterocycles. The number of piperidine rings is 1. The van der Waals surface area contributed by atoms with Crippen molar-refractivity contribution < 1.29 is 9.15 Å². The fourth-order valence-electron chi connectivity index (χ4n) is 3.09. The molecule has 0 atom stereocenters. The normalized spacial score (nSPS) is 16.7. The summed E-state index contributed by atoms with van der Waals surface area (Å²) in [4.78, 5) is 11.5. The number of aromatic nitrogens is 1. The minimum Gasteiger partial charge on any atom is -0.443 e. The van der Waals surface area contributed by atoms with Crippen molar-refractivity contribution in [2.75, 3.05) is 46.4 Å². The standard InChI is InChI=1S/C20H37N5O2.HI/c1-6-21-19(24-15-18-22-14-17(27-18)20(2,3)4)23-13-16-7-9-25(10-8-16)11-12-26-5;/h14,16H,6-13,15H2,1-5H3,(H2,21,23,24);1H. The lowest BCUT2D eigenvalue weighted by atomic mass is 9.94. The van der Waals surface area contributed by atoms with E-state index >= 15 is 0 Å². The summed E-state index contributed by atoms with van der Waals surface area (Å²) >= 11 is 0. The molecule has 0 aromatic carbocycles. The number of hydrogen-bond acceptors (Lipinski definition) is 5. The minimum absolute atomic E-state index is 0. The Labute approximate surface area is 187 Å². The van der Waals surface area contributed by atoms with Crippen LogP contribution in [0.1, 0.15) is 52.2 Å². The van der Waals surface area contributed by atoms with E-state index in [0.717, 1.165) is 51.1 Å². The summed E-state index contributed by atoms with van der Waals surface area (Å²) < 4.78 is 11.0.